The molecule has 1 amide bonds. The molecule has 1 N–H and O–H groups in total. The minimum Gasteiger partial charge on any atom is -0.379 e. The summed E-state index contributed by atoms with van der Waals surface area (Å²) in [6, 6.07) is 0. The van der Waals surface area contributed by atoms with Crippen LogP contribution in [0, 0.1) is 0 Å². The molecule has 0 aliphatic carbocycles. The molecule has 1 aliphatic rings. The van der Waals surface area contributed by atoms with Crippen LogP contribution in [0.15, 0.2) is 11.4 Å². The Morgan fingerprint density at radius 1 is 1.45 bits per heavy atom. The van der Waals surface area contributed by atoms with E-state index in [2.05, 4.69) is 20.2 Å². The third-order valence-electron chi connectivity index (χ3n) is 3.09. The lowest BCUT2D eigenvalue weighted by atomic mass is 10.3. The monoisotopic (exact) mass is 348 g/mol. The summed E-state index contributed by atoms with van der Waals surface area (Å²) in [4.78, 5) is 21.6. The number of rotatable bonds is 5. The van der Waals surface area contributed by atoms with Crippen LogP contribution in [0.5, 0.6) is 0 Å². The van der Waals surface area contributed by atoms with E-state index in [4.69, 9.17) is 16.3 Å². The molecule has 1 aromatic rings. The Kier molecular flexibility index (Phi) is 5.68. The predicted molar refractivity (Wildman–Crippen MR) is 79.7 cm³/mol. The maximum Gasteiger partial charge on any atom is 0.271 e. The van der Waals surface area contributed by atoms with Crippen molar-refractivity contribution in [2.45, 2.75) is 5.16 Å². The number of sulfone groups is 1. The van der Waals surface area contributed by atoms with Gasteiger partial charge in [-0.3, -0.25) is 9.69 Å². The van der Waals surface area contributed by atoms with Gasteiger partial charge in [0.15, 0.2) is 5.69 Å². The number of morpholine rings is 1. The predicted octanol–water partition coefficient (Wildman–Crippen LogP) is -0.404. The van der Waals surface area contributed by atoms with E-state index in [1.54, 1.807) is 0 Å². The molecular formula is C12H17ClN4O4S. The van der Waals surface area contributed by atoms with Gasteiger partial charge in [0.2, 0.25) is 15.0 Å². The third-order valence-corrected chi connectivity index (χ3v) is 4.22. The van der Waals surface area contributed by atoms with Crippen molar-refractivity contribution in [3.05, 3.63) is 16.9 Å². The minimum atomic E-state index is -3.60. The van der Waals surface area contributed by atoms with Gasteiger partial charge in [0.25, 0.3) is 5.91 Å². The van der Waals surface area contributed by atoms with Gasteiger partial charge in [0, 0.05) is 32.4 Å². The minimum absolute atomic E-state index is 0.0104. The second kappa shape index (κ2) is 7.32. The number of ether oxygens (including phenoxy) is 1. The SMILES string of the molecule is CS(=O)(=O)c1ncc(Cl)c(C(=O)NCCN2CCOCC2)n1. The van der Waals surface area contributed by atoms with E-state index in [0.29, 0.717) is 26.3 Å². The summed E-state index contributed by atoms with van der Waals surface area (Å²) in [6.07, 6.45) is 2.08. The molecule has 2 rings (SSSR count). The first kappa shape index (κ1) is 17.1. The standard InChI is InChI=1S/C12H17ClN4O4S/c1-22(19,20)12-15-8-9(13)10(16-12)11(18)14-2-3-17-4-6-21-7-5-17/h8H,2-7H2,1H3,(H,14,18). The van der Waals surface area contributed by atoms with Crippen LogP contribution in [0.4, 0.5) is 0 Å². The number of amides is 1. The Labute approximate surface area is 133 Å². The van der Waals surface area contributed by atoms with Crippen LogP contribution < -0.4 is 5.32 Å². The van der Waals surface area contributed by atoms with Gasteiger partial charge in [-0.1, -0.05) is 11.6 Å². The molecular weight excluding hydrogens is 332 g/mol. The fraction of sp³-hybridized carbons (Fsp3) is 0.583. The van der Waals surface area contributed by atoms with Crippen molar-refractivity contribution >= 4 is 27.3 Å². The molecule has 1 aliphatic heterocycles. The van der Waals surface area contributed by atoms with Crippen LogP contribution in [0.25, 0.3) is 0 Å². The highest BCUT2D eigenvalue weighted by molar-refractivity contribution is 7.90. The number of hydrogen-bond acceptors (Lipinski definition) is 7. The Hall–Kier alpha value is -1.29. The second-order valence-electron chi connectivity index (χ2n) is 4.83. The topological polar surface area (TPSA) is 101 Å². The number of nitrogens with one attached hydrogen (secondary N) is 1. The summed E-state index contributed by atoms with van der Waals surface area (Å²) in [7, 11) is -3.60. The first-order valence-electron chi connectivity index (χ1n) is 6.69. The number of hydrogen-bond donors (Lipinski definition) is 1. The molecule has 22 heavy (non-hydrogen) atoms. The van der Waals surface area contributed by atoms with Crippen molar-refractivity contribution in [2.24, 2.45) is 0 Å². The van der Waals surface area contributed by atoms with E-state index in [-0.39, 0.29) is 10.7 Å². The van der Waals surface area contributed by atoms with E-state index in [9.17, 15) is 13.2 Å². The van der Waals surface area contributed by atoms with Crippen LogP contribution in [0.1, 0.15) is 10.5 Å². The van der Waals surface area contributed by atoms with Gasteiger partial charge >= 0.3 is 0 Å². The third kappa shape index (κ3) is 4.60. The summed E-state index contributed by atoms with van der Waals surface area (Å²) >= 11 is 5.86. The molecule has 0 radical (unpaired) electrons. The highest BCUT2D eigenvalue weighted by atomic mass is 35.5. The van der Waals surface area contributed by atoms with Gasteiger partial charge in [0.05, 0.1) is 24.4 Å². The van der Waals surface area contributed by atoms with E-state index in [0.717, 1.165) is 25.5 Å². The number of carbonyl (C=O) groups is 1. The summed E-state index contributed by atoms with van der Waals surface area (Å²) in [5.41, 5.74) is -0.140. The lowest BCUT2D eigenvalue weighted by Gasteiger charge is -2.26. The summed E-state index contributed by atoms with van der Waals surface area (Å²) in [5.74, 6) is -0.523. The zero-order valence-electron chi connectivity index (χ0n) is 12.1. The molecule has 0 saturated carbocycles. The number of carbonyl (C=O) groups excluding carboxylic acids is 1. The van der Waals surface area contributed by atoms with Crippen LogP contribution in [-0.2, 0) is 14.6 Å². The number of aromatic nitrogens is 2. The quantitative estimate of drug-likeness (QED) is 0.722. The molecule has 0 atom stereocenters. The van der Waals surface area contributed by atoms with Crippen molar-refractivity contribution in [2.75, 3.05) is 45.6 Å². The summed E-state index contributed by atoms with van der Waals surface area (Å²) in [6.45, 7) is 4.10. The fourth-order valence-electron chi connectivity index (χ4n) is 1.92. The molecule has 1 aromatic heterocycles. The van der Waals surface area contributed by atoms with Crippen LogP contribution in [0.3, 0.4) is 0 Å². The molecule has 2 heterocycles. The molecule has 0 unspecified atom stereocenters. The first-order valence-corrected chi connectivity index (χ1v) is 8.96. The van der Waals surface area contributed by atoms with Gasteiger partial charge in [-0.2, -0.15) is 0 Å². The van der Waals surface area contributed by atoms with Crippen LogP contribution >= 0.6 is 11.6 Å². The average molecular weight is 349 g/mol. The second-order valence-corrected chi connectivity index (χ2v) is 7.15. The summed E-state index contributed by atoms with van der Waals surface area (Å²) in [5, 5.41) is 2.26. The first-order chi connectivity index (χ1) is 10.4. The highest BCUT2D eigenvalue weighted by Gasteiger charge is 2.19. The van der Waals surface area contributed by atoms with E-state index in [1.807, 2.05) is 0 Å². The van der Waals surface area contributed by atoms with Crippen molar-refractivity contribution in [1.82, 2.24) is 20.2 Å². The lowest BCUT2D eigenvalue weighted by Crippen LogP contribution is -2.41. The molecule has 0 spiro atoms. The number of nitrogens with zero attached hydrogens (tertiary/aromatic N) is 3. The Morgan fingerprint density at radius 3 is 2.77 bits per heavy atom. The Morgan fingerprint density at radius 2 is 2.14 bits per heavy atom. The zero-order valence-corrected chi connectivity index (χ0v) is 13.7. The van der Waals surface area contributed by atoms with Crippen LogP contribution in [-0.4, -0.2) is 74.8 Å². The van der Waals surface area contributed by atoms with Crippen molar-refractivity contribution in [3.8, 4) is 0 Å². The maximum atomic E-state index is 12.1. The largest absolute Gasteiger partial charge is 0.379 e. The lowest BCUT2D eigenvalue weighted by molar-refractivity contribution is 0.0383. The molecule has 1 fully saturated rings. The van der Waals surface area contributed by atoms with E-state index in [1.165, 1.54) is 0 Å². The van der Waals surface area contributed by atoms with Gasteiger partial charge in [-0.25, -0.2) is 18.4 Å². The average Bonchev–Trinajstić information content (AvgIpc) is 2.47. The summed E-state index contributed by atoms with van der Waals surface area (Å²) < 4.78 is 28.1. The Balaban J connectivity index is 1.97. The Bertz CT molecular complexity index is 647. The normalized spacial score (nSPS) is 16.5. The van der Waals surface area contributed by atoms with Crippen molar-refractivity contribution < 1.29 is 17.9 Å². The van der Waals surface area contributed by atoms with Gasteiger partial charge < -0.3 is 10.1 Å². The smallest absolute Gasteiger partial charge is 0.271 e. The molecule has 10 heteroatoms. The van der Waals surface area contributed by atoms with Crippen molar-refractivity contribution in [1.29, 1.82) is 0 Å². The molecule has 8 nitrogen and oxygen atoms in total. The number of halogens is 1. The van der Waals surface area contributed by atoms with Crippen LogP contribution in [0.2, 0.25) is 5.02 Å². The van der Waals surface area contributed by atoms with E-state index >= 15 is 0 Å². The van der Waals surface area contributed by atoms with Gasteiger partial charge in [-0.15, -0.1) is 0 Å². The zero-order chi connectivity index (χ0) is 16.2. The molecule has 0 aromatic carbocycles. The van der Waals surface area contributed by atoms with Gasteiger partial charge in [0.1, 0.15) is 0 Å². The fourth-order valence-corrected chi connectivity index (χ4v) is 2.60. The van der Waals surface area contributed by atoms with Crippen molar-refractivity contribution in [3.63, 3.8) is 0 Å². The molecule has 122 valence electrons. The molecule has 0 bridgehead atoms. The maximum absolute atomic E-state index is 12.1. The van der Waals surface area contributed by atoms with E-state index < -0.39 is 20.9 Å². The molecule has 1 saturated heterocycles. The highest BCUT2D eigenvalue weighted by Crippen LogP contribution is 2.14. The van der Waals surface area contributed by atoms with Gasteiger partial charge in [-0.05, 0) is 0 Å².